The van der Waals surface area contributed by atoms with Crippen LogP contribution >= 0.6 is 0 Å². The highest BCUT2D eigenvalue weighted by molar-refractivity contribution is 6.18. The molecule has 2 heterocycles. The first kappa shape index (κ1) is 21.8. The lowest BCUT2D eigenvalue weighted by molar-refractivity contribution is -0.141. The summed E-state index contributed by atoms with van der Waals surface area (Å²) in [4.78, 5) is 28.9. The molecule has 1 aliphatic rings. The molecule has 0 amide bonds. The molecule has 0 saturated heterocycles. The van der Waals surface area contributed by atoms with E-state index in [1.54, 1.807) is 48.7 Å². The highest BCUT2D eigenvalue weighted by Crippen LogP contribution is 2.36. The highest BCUT2D eigenvalue weighted by atomic mass is 16.5. The molecular weight excluding hydrogens is 430 g/mol. The first-order valence-electron chi connectivity index (χ1n) is 11.2. The Kier molecular flexibility index (Phi) is 5.36. The standard InChI is InChI=1S/C28H25NO5/c1-17-6-11-25-22(14-17)19(16-34-25)15-33-20-9-7-18(8-10-20)26(30)28(2,27(31)32)23-4-3-5-24-21(23)12-13-29-24/h3-14,19,29H,15-16H2,1-2H3,(H,31,32)/t19-,28?/m1/s1. The average Bonchev–Trinajstić information content (AvgIpc) is 3.48. The van der Waals surface area contributed by atoms with Crippen molar-refractivity contribution < 1.29 is 24.2 Å². The van der Waals surface area contributed by atoms with Crippen molar-refractivity contribution in [3.63, 3.8) is 0 Å². The summed E-state index contributed by atoms with van der Waals surface area (Å²) in [6, 6.07) is 19.9. The van der Waals surface area contributed by atoms with Gasteiger partial charge in [0.2, 0.25) is 0 Å². The van der Waals surface area contributed by atoms with E-state index >= 15 is 0 Å². The van der Waals surface area contributed by atoms with Crippen molar-refractivity contribution in [3.05, 3.63) is 95.2 Å². The number of fused-ring (bicyclic) bond motifs is 2. The van der Waals surface area contributed by atoms with Crippen LogP contribution in [0.2, 0.25) is 0 Å². The predicted octanol–water partition coefficient (Wildman–Crippen LogP) is 5.26. The zero-order valence-corrected chi connectivity index (χ0v) is 19.0. The molecule has 1 aliphatic heterocycles. The second-order valence-corrected chi connectivity index (χ2v) is 8.89. The van der Waals surface area contributed by atoms with Crippen molar-refractivity contribution >= 4 is 22.7 Å². The molecule has 1 aromatic heterocycles. The predicted molar refractivity (Wildman–Crippen MR) is 129 cm³/mol. The van der Waals surface area contributed by atoms with Gasteiger partial charge in [-0.25, -0.2) is 0 Å². The zero-order chi connectivity index (χ0) is 23.9. The van der Waals surface area contributed by atoms with Gasteiger partial charge in [-0.1, -0.05) is 29.8 Å². The summed E-state index contributed by atoms with van der Waals surface area (Å²) in [7, 11) is 0. The van der Waals surface area contributed by atoms with Gasteiger partial charge in [-0.15, -0.1) is 0 Å². The van der Waals surface area contributed by atoms with Gasteiger partial charge in [-0.3, -0.25) is 9.59 Å². The molecule has 0 saturated carbocycles. The van der Waals surface area contributed by atoms with Crippen molar-refractivity contribution in [3.8, 4) is 11.5 Å². The first-order valence-corrected chi connectivity index (χ1v) is 11.2. The minimum atomic E-state index is -1.73. The van der Waals surface area contributed by atoms with Gasteiger partial charge in [0.15, 0.2) is 11.2 Å². The number of ketones is 1. The van der Waals surface area contributed by atoms with Crippen LogP contribution in [0.1, 0.15) is 39.9 Å². The Morgan fingerprint density at radius 3 is 2.68 bits per heavy atom. The van der Waals surface area contributed by atoms with Gasteiger partial charge in [-0.05, 0) is 61.9 Å². The van der Waals surface area contributed by atoms with Crippen molar-refractivity contribution in [1.82, 2.24) is 4.98 Å². The van der Waals surface area contributed by atoms with E-state index in [-0.39, 0.29) is 5.92 Å². The molecule has 6 nitrogen and oxygen atoms in total. The van der Waals surface area contributed by atoms with E-state index in [4.69, 9.17) is 9.47 Å². The summed E-state index contributed by atoms with van der Waals surface area (Å²) < 4.78 is 11.7. The molecule has 0 bridgehead atoms. The van der Waals surface area contributed by atoms with E-state index in [2.05, 4.69) is 11.1 Å². The molecule has 4 aromatic rings. The lowest BCUT2D eigenvalue weighted by atomic mass is 9.75. The number of carboxylic acid groups (broad SMARTS) is 1. The smallest absolute Gasteiger partial charge is 0.321 e. The molecule has 2 N–H and O–H groups in total. The van der Waals surface area contributed by atoms with Gasteiger partial charge in [0.1, 0.15) is 11.5 Å². The number of nitrogens with one attached hydrogen (secondary N) is 1. The number of aromatic nitrogens is 1. The molecule has 3 aromatic carbocycles. The summed E-state index contributed by atoms with van der Waals surface area (Å²) in [5.41, 5.74) is 2.15. The van der Waals surface area contributed by atoms with E-state index in [0.29, 0.717) is 30.1 Å². The van der Waals surface area contributed by atoms with Gasteiger partial charge in [0.05, 0.1) is 19.1 Å². The van der Waals surface area contributed by atoms with Crippen molar-refractivity contribution in [1.29, 1.82) is 0 Å². The maximum Gasteiger partial charge on any atom is 0.321 e. The van der Waals surface area contributed by atoms with Crippen LogP contribution in [0.15, 0.2) is 72.9 Å². The SMILES string of the molecule is Cc1ccc2c(c1)[C@H](COc1ccc(C(=O)C(C)(C(=O)O)c3cccc4[nH]ccc34)cc1)CO2. The zero-order valence-electron chi connectivity index (χ0n) is 19.0. The number of hydrogen-bond acceptors (Lipinski definition) is 4. The van der Waals surface area contributed by atoms with Crippen LogP contribution < -0.4 is 9.47 Å². The van der Waals surface area contributed by atoms with Crippen LogP contribution in [0.4, 0.5) is 0 Å². The van der Waals surface area contributed by atoms with E-state index in [1.807, 2.05) is 25.1 Å². The summed E-state index contributed by atoms with van der Waals surface area (Å²) in [6.45, 7) is 4.53. The van der Waals surface area contributed by atoms with E-state index in [0.717, 1.165) is 22.2 Å². The van der Waals surface area contributed by atoms with Gasteiger partial charge in [0, 0.05) is 28.2 Å². The van der Waals surface area contributed by atoms with Crippen LogP contribution in [-0.4, -0.2) is 35.1 Å². The van der Waals surface area contributed by atoms with E-state index in [9.17, 15) is 14.7 Å². The molecule has 0 spiro atoms. The normalized spacial score (nSPS) is 16.5. The number of aliphatic carboxylic acids is 1. The molecule has 0 fully saturated rings. The second-order valence-electron chi connectivity index (χ2n) is 8.89. The molecule has 0 radical (unpaired) electrons. The monoisotopic (exact) mass is 455 g/mol. The van der Waals surface area contributed by atoms with Crippen LogP contribution in [-0.2, 0) is 10.2 Å². The van der Waals surface area contributed by atoms with E-state index < -0.39 is 17.2 Å². The molecule has 34 heavy (non-hydrogen) atoms. The largest absolute Gasteiger partial charge is 0.493 e. The third-order valence-corrected chi connectivity index (χ3v) is 6.63. The number of Topliss-reactive ketones (excluding diaryl/α,β-unsaturated/α-hetero) is 1. The number of hydrogen-bond donors (Lipinski definition) is 2. The fraction of sp³-hybridized carbons (Fsp3) is 0.214. The van der Waals surface area contributed by atoms with Crippen LogP contribution in [0.3, 0.4) is 0 Å². The lowest BCUT2D eigenvalue weighted by Crippen LogP contribution is -2.41. The number of carbonyl (C=O) groups is 2. The Morgan fingerprint density at radius 1 is 1.12 bits per heavy atom. The van der Waals surface area contributed by atoms with E-state index in [1.165, 1.54) is 12.5 Å². The fourth-order valence-corrected chi connectivity index (χ4v) is 4.58. The number of aryl methyl sites for hydroxylation is 1. The topological polar surface area (TPSA) is 88.6 Å². The van der Waals surface area contributed by atoms with Crippen LogP contribution in [0, 0.1) is 6.92 Å². The Bertz CT molecular complexity index is 1390. The summed E-state index contributed by atoms with van der Waals surface area (Å²) in [5.74, 6) is -0.0307. The molecule has 0 aliphatic carbocycles. The number of carbonyl (C=O) groups excluding carboxylic acids is 1. The van der Waals surface area contributed by atoms with Crippen LogP contribution in [0.5, 0.6) is 11.5 Å². The summed E-state index contributed by atoms with van der Waals surface area (Å²) in [6.07, 6.45) is 1.74. The lowest BCUT2D eigenvalue weighted by Gasteiger charge is -2.25. The molecule has 172 valence electrons. The quantitative estimate of drug-likeness (QED) is 0.293. The third kappa shape index (κ3) is 3.61. The van der Waals surface area contributed by atoms with Crippen molar-refractivity contribution in [2.45, 2.75) is 25.2 Å². The Morgan fingerprint density at radius 2 is 1.91 bits per heavy atom. The first-order chi connectivity index (χ1) is 16.4. The molecule has 5 rings (SSSR count). The Hall–Kier alpha value is -4.06. The Labute approximate surface area is 197 Å². The molecular formula is C28H25NO5. The fourth-order valence-electron chi connectivity index (χ4n) is 4.58. The minimum Gasteiger partial charge on any atom is -0.493 e. The summed E-state index contributed by atoms with van der Waals surface area (Å²) in [5, 5.41) is 10.8. The second kappa shape index (κ2) is 8.37. The average molecular weight is 456 g/mol. The Balaban J connectivity index is 1.36. The number of rotatable bonds is 7. The van der Waals surface area contributed by atoms with Crippen molar-refractivity contribution in [2.75, 3.05) is 13.2 Å². The van der Waals surface area contributed by atoms with Gasteiger partial charge < -0.3 is 19.6 Å². The number of ether oxygens (including phenoxy) is 2. The number of aromatic amines is 1. The number of H-pyrrole nitrogens is 1. The highest BCUT2D eigenvalue weighted by Gasteiger charge is 2.44. The minimum absolute atomic E-state index is 0.133. The molecule has 2 atom stereocenters. The van der Waals surface area contributed by atoms with Gasteiger partial charge in [0.25, 0.3) is 0 Å². The van der Waals surface area contributed by atoms with Crippen LogP contribution in [0.25, 0.3) is 10.9 Å². The maximum absolute atomic E-state index is 13.5. The summed E-state index contributed by atoms with van der Waals surface area (Å²) >= 11 is 0. The van der Waals surface area contributed by atoms with Gasteiger partial charge >= 0.3 is 5.97 Å². The third-order valence-electron chi connectivity index (χ3n) is 6.63. The van der Waals surface area contributed by atoms with Crippen molar-refractivity contribution in [2.24, 2.45) is 0 Å². The van der Waals surface area contributed by atoms with Gasteiger partial charge in [-0.2, -0.15) is 0 Å². The molecule has 6 heteroatoms. The number of carboxylic acids is 1. The number of benzene rings is 3. The maximum atomic E-state index is 13.5. The molecule has 1 unspecified atom stereocenters.